The van der Waals surface area contributed by atoms with Crippen LogP contribution in [-0.4, -0.2) is 55.1 Å². The molecule has 4 heteroatoms. The van der Waals surface area contributed by atoms with Gasteiger partial charge in [-0.15, -0.1) is 0 Å². The minimum Gasteiger partial charge on any atom is -0.338 e. The van der Waals surface area contributed by atoms with E-state index in [4.69, 9.17) is 0 Å². The maximum Gasteiger partial charge on any atom is 0.317 e. The lowest BCUT2D eigenvalue weighted by atomic mass is 10.1. The van der Waals surface area contributed by atoms with Crippen molar-refractivity contribution < 1.29 is 4.79 Å². The number of nitrogens with one attached hydrogen (secondary N) is 1. The van der Waals surface area contributed by atoms with Crippen LogP contribution < -0.4 is 5.32 Å². The lowest BCUT2D eigenvalue weighted by molar-refractivity contribution is 0.178. The predicted molar refractivity (Wildman–Crippen MR) is 106 cm³/mol. The van der Waals surface area contributed by atoms with Gasteiger partial charge in [-0.25, -0.2) is 4.79 Å². The normalized spacial score (nSPS) is 15.4. The Hall–Kier alpha value is -1.81. The van der Waals surface area contributed by atoms with E-state index in [0.29, 0.717) is 6.54 Å². The molecule has 138 valence electrons. The van der Waals surface area contributed by atoms with E-state index in [2.05, 4.69) is 41.4 Å². The van der Waals surface area contributed by atoms with Crippen molar-refractivity contribution in [2.75, 3.05) is 39.3 Å². The van der Waals surface area contributed by atoms with Crippen LogP contribution in [0, 0.1) is 0 Å². The van der Waals surface area contributed by atoms with Gasteiger partial charge in [0.1, 0.15) is 0 Å². The van der Waals surface area contributed by atoms with Crippen LogP contribution in [-0.2, 0) is 0 Å². The molecule has 0 radical (unpaired) electrons. The maximum atomic E-state index is 12.5. The van der Waals surface area contributed by atoms with Gasteiger partial charge in [0.05, 0.1) is 0 Å². The number of unbranched alkanes of at least 4 members (excludes halogenated alkanes) is 1. The molecule has 1 fully saturated rings. The van der Waals surface area contributed by atoms with E-state index in [9.17, 15) is 4.79 Å². The quantitative estimate of drug-likeness (QED) is 0.688. The van der Waals surface area contributed by atoms with E-state index in [1.54, 1.807) is 0 Å². The number of benzene rings is 1. The van der Waals surface area contributed by atoms with Crippen molar-refractivity contribution in [3.05, 3.63) is 42.0 Å². The molecule has 0 atom stereocenters. The van der Waals surface area contributed by atoms with Gasteiger partial charge in [0.25, 0.3) is 0 Å². The lowest BCUT2D eigenvalue weighted by Crippen LogP contribution is -2.45. The first-order valence-electron chi connectivity index (χ1n) is 9.76. The number of carbonyl (C=O) groups excluding carboxylic acids is 1. The fourth-order valence-corrected chi connectivity index (χ4v) is 3.08. The molecule has 0 saturated carbocycles. The molecule has 1 aromatic carbocycles. The smallest absolute Gasteiger partial charge is 0.317 e. The van der Waals surface area contributed by atoms with E-state index in [-0.39, 0.29) is 6.03 Å². The van der Waals surface area contributed by atoms with Crippen molar-refractivity contribution in [2.45, 2.75) is 39.0 Å². The highest BCUT2D eigenvalue weighted by Gasteiger charge is 2.15. The Kier molecular flexibility index (Phi) is 9.13. The molecular weight excluding hydrogens is 310 g/mol. The van der Waals surface area contributed by atoms with E-state index < -0.39 is 0 Å². The second-order valence-corrected chi connectivity index (χ2v) is 6.75. The minimum absolute atomic E-state index is 0.0585. The Balaban J connectivity index is 1.85. The molecule has 4 nitrogen and oxygen atoms in total. The molecule has 0 bridgehead atoms. The van der Waals surface area contributed by atoms with Crippen molar-refractivity contribution in [1.29, 1.82) is 0 Å². The number of hydrogen-bond donors (Lipinski definition) is 1. The zero-order chi connectivity index (χ0) is 17.7. The second-order valence-electron chi connectivity index (χ2n) is 6.75. The number of nitrogens with zero attached hydrogens (tertiary/aromatic N) is 2. The van der Waals surface area contributed by atoms with Gasteiger partial charge < -0.3 is 15.1 Å². The molecule has 0 spiro atoms. The Labute approximate surface area is 152 Å². The molecule has 25 heavy (non-hydrogen) atoms. The Bertz CT molecular complexity index is 509. The zero-order valence-electron chi connectivity index (χ0n) is 15.6. The first kappa shape index (κ1) is 19.5. The van der Waals surface area contributed by atoms with Gasteiger partial charge in [0, 0.05) is 26.2 Å². The first-order chi connectivity index (χ1) is 12.3. The van der Waals surface area contributed by atoms with Gasteiger partial charge in [-0.3, -0.25) is 0 Å². The van der Waals surface area contributed by atoms with Crippen molar-refractivity contribution in [2.24, 2.45) is 0 Å². The van der Waals surface area contributed by atoms with Crippen LogP contribution in [0.2, 0.25) is 0 Å². The first-order valence-corrected chi connectivity index (χ1v) is 9.76. The molecule has 1 heterocycles. The largest absolute Gasteiger partial charge is 0.338 e. The number of amides is 2. The monoisotopic (exact) mass is 343 g/mol. The fourth-order valence-electron chi connectivity index (χ4n) is 3.08. The highest BCUT2D eigenvalue weighted by Crippen LogP contribution is 2.08. The SMILES string of the molecule is CCCCNC(=O)N(C/C=C/c1ccccc1)CCN1CCCCC1. The summed E-state index contributed by atoms with van der Waals surface area (Å²) >= 11 is 0. The molecule has 1 aliphatic rings. The second kappa shape index (κ2) is 11.7. The summed E-state index contributed by atoms with van der Waals surface area (Å²) in [5, 5.41) is 3.05. The Morgan fingerprint density at radius 2 is 1.96 bits per heavy atom. The third kappa shape index (κ3) is 7.74. The molecule has 1 aliphatic heterocycles. The number of urea groups is 1. The molecular formula is C21H33N3O. The number of likely N-dealkylation sites (tertiary alicyclic amines) is 1. The summed E-state index contributed by atoms with van der Waals surface area (Å²) in [6.45, 7) is 7.66. The molecule has 0 unspecified atom stereocenters. The third-order valence-corrected chi connectivity index (χ3v) is 4.66. The Morgan fingerprint density at radius 1 is 1.20 bits per heavy atom. The predicted octanol–water partition coefficient (Wildman–Crippen LogP) is 4.00. The summed E-state index contributed by atoms with van der Waals surface area (Å²) in [6, 6.07) is 10.3. The summed E-state index contributed by atoms with van der Waals surface area (Å²) in [7, 11) is 0. The van der Waals surface area contributed by atoms with Gasteiger partial charge in [0.2, 0.25) is 0 Å². The number of piperidine rings is 1. The van der Waals surface area contributed by atoms with Gasteiger partial charge in [-0.2, -0.15) is 0 Å². The fraction of sp³-hybridized carbons (Fsp3) is 0.571. The van der Waals surface area contributed by atoms with Gasteiger partial charge >= 0.3 is 6.03 Å². The van der Waals surface area contributed by atoms with E-state index >= 15 is 0 Å². The summed E-state index contributed by atoms with van der Waals surface area (Å²) in [5.74, 6) is 0. The van der Waals surface area contributed by atoms with Crippen LogP contribution in [0.25, 0.3) is 6.08 Å². The van der Waals surface area contributed by atoms with E-state index in [1.807, 2.05) is 23.1 Å². The molecule has 1 N–H and O–H groups in total. The van der Waals surface area contributed by atoms with Crippen molar-refractivity contribution >= 4 is 12.1 Å². The third-order valence-electron chi connectivity index (χ3n) is 4.66. The standard InChI is InChI=1S/C21H33N3O/c1-2-3-14-22-21(25)24(19-18-23-15-8-5-9-16-23)17-10-13-20-11-6-4-7-12-20/h4,6-7,10-13H,2-3,5,8-9,14-19H2,1H3,(H,22,25)/b13-10+. The number of hydrogen-bond acceptors (Lipinski definition) is 2. The lowest BCUT2D eigenvalue weighted by Gasteiger charge is -2.29. The van der Waals surface area contributed by atoms with Crippen LogP contribution in [0.1, 0.15) is 44.6 Å². The molecule has 2 amide bonds. The highest BCUT2D eigenvalue weighted by atomic mass is 16.2. The average molecular weight is 344 g/mol. The summed E-state index contributed by atoms with van der Waals surface area (Å²) in [5.41, 5.74) is 1.17. The van der Waals surface area contributed by atoms with E-state index in [1.165, 1.54) is 37.9 Å². The Morgan fingerprint density at radius 3 is 2.68 bits per heavy atom. The van der Waals surface area contributed by atoms with Crippen molar-refractivity contribution in [3.8, 4) is 0 Å². The van der Waals surface area contributed by atoms with Crippen LogP contribution in [0.15, 0.2) is 36.4 Å². The molecule has 0 aliphatic carbocycles. The van der Waals surface area contributed by atoms with Gasteiger partial charge in [0.15, 0.2) is 0 Å². The highest BCUT2D eigenvalue weighted by molar-refractivity contribution is 5.74. The summed E-state index contributed by atoms with van der Waals surface area (Å²) in [6.07, 6.45) is 10.2. The van der Waals surface area contributed by atoms with E-state index in [0.717, 1.165) is 32.5 Å². The molecule has 1 aromatic rings. The van der Waals surface area contributed by atoms with Crippen molar-refractivity contribution in [3.63, 3.8) is 0 Å². The van der Waals surface area contributed by atoms with Crippen LogP contribution >= 0.6 is 0 Å². The zero-order valence-corrected chi connectivity index (χ0v) is 15.6. The van der Waals surface area contributed by atoms with Crippen LogP contribution in [0.3, 0.4) is 0 Å². The summed E-state index contributed by atoms with van der Waals surface area (Å²) in [4.78, 5) is 16.9. The van der Waals surface area contributed by atoms with Crippen molar-refractivity contribution in [1.82, 2.24) is 15.1 Å². The average Bonchev–Trinajstić information content (AvgIpc) is 2.66. The number of rotatable bonds is 9. The molecule has 2 rings (SSSR count). The van der Waals surface area contributed by atoms with Crippen LogP contribution in [0.5, 0.6) is 0 Å². The summed E-state index contributed by atoms with van der Waals surface area (Å²) < 4.78 is 0. The molecule has 0 aromatic heterocycles. The number of carbonyl (C=O) groups is 1. The van der Waals surface area contributed by atoms with Crippen LogP contribution in [0.4, 0.5) is 4.79 Å². The molecule has 1 saturated heterocycles. The van der Waals surface area contributed by atoms with Gasteiger partial charge in [-0.1, -0.05) is 62.2 Å². The maximum absolute atomic E-state index is 12.5. The van der Waals surface area contributed by atoms with Gasteiger partial charge in [-0.05, 0) is 37.9 Å². The topological polar surface area (TPSA) is 35.6 Å². The minimum atomic E-state index is 0.0585.